The Morgan fingerprint density at radius 2 is 0.776 bits per heavy atom. The monoisotopic (exact) mass is 757 g/mol. The molecule has 3 nitrogen and oxygen atoms in total. The van der Waals surface area contributed by atoms with Gasteiger partial charge in [0, 0.05) is 59.8 Å². The highest BCUT2D eigenvalue weighted by Gasteiger charge is 2.20. The van der Waals surface area contributed by atoms with Gasteiger partial charge in [-0.3, -0.25) is 0 Å². The molecule has 0 N–H and O–H groups in total. The van der Waals surface area contributed by atoms with Gasteiger partial charge in [0.05, 0.1) is 32.5 Å². The Balaban J connectivity index is 1.03. The van der Waals surface area contributed by atoms with Crippen molar-refractivity contribution in [2.75, 3.05) is 4.90 Å². The predicted molar refractivity (Wildman–Crippen MR) is 248 cm³/mol. The molecule has 58 heavy (non-hydrogen) atoms. The van der Waals surface area contributed by atoms with Crippen LogP contribution in [0.1, 0.15) is 0 Å². The quantitative estimate of drug-likeness (QED) is 0.165. The van der Waals surface area contributed by atoms with Gasteiger partial charge in [-0.2, -0.15) is 0 Å². The second-order valence-corrected chi connectivity index (χ2v) is 16.0. The van der Waals surface area contributed by atoms with Crippen LogP contribution in [0.15, 0.2) is 212 Å². The van der Waals surface area contributed by atoms with Gasteiger partial charge in [0.1, 0.15) is 0 Å². The molecule has 4 heteroatoms. The third kappa shape index (κ3) is 5.05. The van der Waals surface area contributed by atoms with Gasteiger partial charge in [0.2, 0.25) is 0 Å². The molecule has 12 aromatic rings. The zero-order valence-electron chi connectivity index (χ0n) is 31.5. The molecule has 3 heterocycles. The van der Waals surface area contributed by atoms with E-state index in [1.165, 1.54) is 74.9 Å². The van der Waals surface area contributed by atoms with Crippen molar-refractivity contribution >= 4 is 92.2 Å². The van der Waals surface area contributed by atoms with E-state index in [4.69, 9.17) is 0 Å². The number of para-hydroxylation sites is 4. The summed E-state index contributed by atoms with van der Waals surface area (Å²) < 4.78 is 7.32. The molecule has 0 saturated heterocycles. The summed E-state index contributed by atoms with van der Waals surface area (Å²) in [5, 5.41) is 7.60. The average molecular weight is 758 g/mol. The largest absolute Gasteiger partial charge is 0.309 e. The van der Waals surface area contributed by atoms with Crippen molar-refractivity contribution in [3.8, 4) is 22.5 Å². The molecule has 0 unspecified atom stereocenters. The Labute approximate surface area is 339 Å². The number of hydrogen-bond donors (Lipinski definition) is 0. The number of nitrogens with zero attached hydrogens (tertiary/aromatic N) is 3. The summed E-state index contributed by atoms with van der Waals surface area (Å²) in [5.74, 6) is 0. The van der Waals surface area contributed by atoms with Crippen LogP contribution in [0.4, 0.5) is 17.1 Å². The standard InChI is InChI=1S/C54H35N3S/c1-2-13-36(14-3-1)37-25-34-53-47(35-37)46-19-12-24-52(54(46)58-53)55(38-26-30-40(31-27-38)56-48-20-8-4-15-42(48)43-16-5-9-21-49(43)56)39-28-32-41(33-29-39)57-50-22-10-6-17-44(50)45-18-7-11-23-51(45)57/h1-35H. The maximum Gasteiger partial charge on any atom is 0.0640 e. The average Bonchev–Trinajstić information content (AvgIpc) is 3.95. The third-order valence-electron chi connectivity index (χ3n) is 11.7. The molecule has 0 atom stereocenters. The highest BCUT2D eigenvalue weighted by atomic mass is 32.1. The number of rotatable bonds is 6. The lowest BCUT2D eigenvalue weighted by Gasteiger charge is -2.26. The fourth-order valence-corrected chi connectivity index (χ4v) is 10.3. The fourth-order valence-electron chi connectivity index (χ4n) is 9.10. The zero-order chi connectivity index (χ0) is 38.2. The Kier molecular flexibility index (Phi) is 7.40. The van der Waals surface area contributed by atoms with E-state index in [-0.39, 0.29) is 0 Å². The summed E-state index contributed by atoms with van der Waals surface area (Å²) in [6.45, 7) is 0. The first-order chi connectivity index (χ1) is 28.8. The van der Waals surface area contributed by atoms with E-state index in [0.717, 1.165) is 28.4 Å². The number of fused-ring (bicyclic) bond motifs is 9. The highest BCUT2D eigenvalue weighted by Crippen LogP contribution is 2.46. The van der Waals surface area contributed by atoms with Crippen LogP contribution in [0.2, 0.25) is 0 Å². The Bertz CT molecular complexity index is 3230. The molecule has 0 bridgehead atoms. The van der Waals surface area contributed by atoms with Crippen LogP contribution < -0.4 is 4.90 Å². The lowest BCUT2D eigenvalue weighted by molar-refractivity contribution is 1.17. The van der Waals surface area contributed by atoms with Gasteiger partial charge >= 0.3 is 0 Å². The smallest absolute Gasteiger partial charge is 0.0640 e. The van der Waals surface area contributed by atoms with Crippen molar-refractivity contribution < 1.29 is 0 Å². The summed E-state index contributed by atoms with van der Waals surface area (Å²) in [5.41, 5.74) is 12.9. The van der Waals surface area contributed by atoms with Crippen LogP contribution in [0.5, 0.6) is 0 Å². The number of thiophene rings is 1. The molecule has 0 spiro atoms. The molecular formula is C54H35N3S. The molecule has 0 saturated carbocycles. The zero-order valence-corrected chi connectivity index (χ0v) is 32.3. The second-order valence-electron chi connectivity index (χ2n) is 14.9. The van der Waals surface area contributed by atoms with Crippen molar-refractivity contribution in [3.05, 3.63) is 212 Å². The number of hydrogen-bond acceptors (Lipinski definition) is 2. The minimum atomic E-state index is 1.10. The molecule has 0 aliphatic heterocycles. The maximum atomic E-state index is 2.43. The van der Waals surface area contributed by atoms with E-state index in [2.05, 4.69) is 226 Å². The predicted octanol–water partition coefficient (Wildman–Crippen LogP) is 15.4. The van der Waals surface area contributed by atoms with Gasteiger partial charge in [0.25, 0.3) is 0 Å². The van der Waals surface area contributed by atoms with E-state index in [0.29, 0.717) is 0 Å². The van der Waals surface area contributed by atoms with Crippen LogP contribution in [0.25, 0.3) is 86.3 Å². The molecule has 0 amide bonds. The highest BCUT2D eigenvalue weighted by molar-refractivity contribution is 7.26. The molecule has 0 aliphatic rings. The van der Waals surface area contributed by atoms with Crippen molar-refractivity contribution in [3.63, 3.8) is 0 Å². The van der Waals surface area contributed by atoms with E-state index < -0.39 is 0 Å². The van der Waals surface area contributed by atoms with Crippen molar-refractivity contribution in [1.29, 1.82) is 0 Å². The summed E-state index contributed by atoms with van der Waals surface area (Å²) in [6.07, 6.45) is 0. The first-order valence-electron chi connectivity index (χ1n) is 19.8. The van der Waals surface area contributed by atoms with Crippen LogP contribution >= 0.6 is 11.3 Å². The van der Waals surface area contributed by atoms with Gasteiger partial charge in [-0.25, -0.2) is 0 Å². The molecule has 0 fully saturated rings. The van der Waals surface area contributed by atoms with E-state index in [1.54, 1.807) is 0 Å². The van der Waals surface area contributed by atoms with Crippen LogP contribution in [0, 0.1) is 0 Å². The van der Waals surface area contributed by atoms with Gasteiger partial charge in [-0.1, -0.05) is 121 Å². The molecule has 272 valence electrons. The summed E-state index contributed by atoms with van der Waals surface area (Å²) >= 11 is 1.87. The van der Waals surface area contributed by atoms with Crippen molar-refractivity contribution in [1.82, 2.24) is 9.13 Å². The molecule has 3 aromatic heterocycles. The normalized spacial score (nSPS) is 11.8. The van der Waals surface area contributed by atoms with Gasteiger partial charge in [-0.15, -0.1) is 11.3 Å². The van der Waals surface area contributed by atoms with Crippen molar-refractivity contribution in [2.45, 2.75) is 0 Å². The van der Waals surface area contributed by atoms with Crippen molar-refractivity contribution in [2.24, 2.45) is 0 Å². The van der Waals surface area contributed by atoms with E-state index in [1.807, 2.05) is 11.3 Å². The van der Waals surface area contributed by atoms with E-state index >= 15 is 0 Å². The fraction of sp³-hybridized carbons (Fsp3) is 0. The first-order valence-corrected chi connectivity index (χ1v) is 20.6. The minimum absolute atomic E-state index is 1.10. The lowest BCUT2D eigenvalue weighted by atomic mass is 10.0. The molecule has 9 aromatic carbocycles. The third-order valence-corrected chi connectivity index (χ3v) is 12.9. The van der Waals surface area contributed by atoms with E-state index in [9.17, 15) is 0 Å². The number of benzene rings is 9. The Morgan fingerprint density at radius 1 is 0.328 bits per heavy atom. The molecule has 0 radical (unpaired) electrons. The molecular weight excluding hydrogens is 723 g/mol. The first kappa shape index (κ1) is 32.8. The minimum Gasteiger partial charge on any atom is -0.309 e. The SMILES string of the molecule is c1ccc(-c2ccc3sc4c(N(c5ccc(-n6c7ccccc7c7ccccc76)cc5)c5ccc(-n6c7ccccc7c7ccccc76)cc5)cccc4c3c2)cc1. The molecule has 0 aliphatic carbocycles. The Morgan fingerprint density at radius 3 is 1.28 bits per heavy atom. The maximum absolute atomic E-state index is 2.43. The summed E-state index contributed by atoms with van der Waals surface area (Å²) in [7, 11) is 0. The number of aromatic nitrogens is 2. The number of anilines is 3. The van der Waals surface area contributed by atoms with Crippen LogP contribution in [-0.2, 0) is 0 Å². The summed E-state index contributed by atoms with van der Waals surface area (Å²) in [6, 6.07) is 77.4. The Hall–Kier alpha value is -7.40. The lowest BCUT2D eigenvalue weighted by Crippen LogP contribution is -2.10. The van der Waals surface area contributed by atoms with Gasteiger partial charge in [0.15, 0.2) is 0 Å². The topological polar surface area (TPSA) is 13.1 Å². The van der Waals surface area contributed by atoms with Crippen LogP contribution in [0.3, 0.4) is 0 Å². The van der Waals surface area contributed by atoms with Gasteiger partial charge < -0.3 is 14.0 Å². The van der Waals surface area contributed by atoms with Crippen LogP contribution in [-0.4, -0.2) is 9.13 Å². The second kappa shape index (κ2) is 13.1. The van der Waals surface area contributed by atoms with Gasteiger partial charge in [-0.05, 0) is 102 Å². The molecule has 12 rings (SSSR count). The summed E-state index contributed by atoms with van der Waals surface area (Å²) in [4.78, 5) is 2.43.